The van der Waals surface area contributed by atoms with E-state index in [4.69, 9.17) is 0 Å². The van der Waals surface area contributed by atoms with E-state index in [2.05, 4.69) is 10.3 Å². The van der Waals surface area contributed by atoms with Gasteiger partial charge in [-0.1, -0.05) is 0 Å². The molecule has 8 heteroatoms. The van der Waals surface area contributed by atoms with E-state index in [1.165, 1.54) is 28.8 Å². The van der Waals surface area contributed by atoms with Crippen LogP contribution in [0.5, 0.6) is 0 Å². The van der Waals surface area contributed by atoms with E-state index in [1.54, 1.807) is 12.1 Å². The quantitative estimate of drug-likeness (QED) is 0.916. The third-order valence-corrected chi connectivity index (χ3v) is 5.80. The molecule has 6 nitrogen and oxygen atoms in total. The van der Waals surface area contributed by atoms with Crippen molar-refractivity contribution in [1.29, 1.82) is 0 Å². The number of halogens is 1. The van der Waals surface area contributed by atoms with Gasteiger partial charge in [-0.05, 0) is 49.2 Å². The number of sulfonamides is 1. The predicted molar refractivity (Wildman–Crippen MR) is 86.2 cm³/mol. The van der Waals surface area contributed by atoms with Gasteiger partial charge in [0.2, 0.25) is 15.9 Å². The van der Waals surface area contributed by atoms with E-state index in [0.717, 1.165) is 12.1 Å². The van der Waals surface area contributed by atoms with Gasteiger partial charge in [-0.3, -0.25) is 9.78 Å². The number of carbonyl (C=O) groups is 1. The Morgan fingerprint density at radius 2 is 1.83 bits per heavy atom. The van der Waals surface area contributed by atoms with Crippen LogP contribution in [0.15, 0.2) is 53.7 Å². The summed E-state index contributed by atoms with van der Waals surface area (Å²) in [4.78, 5) is 16.3. The number of aromatic nitrogens is 1. The lowest BCUT2D eigenvalue weighted by Gasteiger charge is -2.23. The summed E-state index contributed by atoms with van der Waals surface area (Å²) in [6, 6.07) is 7.08. The van der Waals surface area contributed by atoms with Crippen molar-refractivity contribution < 1.29 is 17.6 Å². The number of hydrogen-bond acceptors (Lipinski definition) is 4. The number of benzene rings is 1. The third kappa shape index (κ3) is 3.29. The number of amides is 1. The maximum Gasteiger partial charge on any atom is 0.243 e. The molecule has 0 spiro atoms. The molecule has 2 heterocycles. The highest BCUT2D eigenvalue weighted by molar-refractivity contribution is 7.89. The smallest absolute Gasteiger partial charge is 0.243 e. The number of hydrogen-bond donors (Lipinski definition) is 1. The average Bonchev–Trinajstić information content (AvgIpc) is 3.07. The average molecular weight is 349 g/mol. The maximum absolute atomic E-state index is 13.0. The second-order valence-corrected chi connectivity index (χ2v) is 7.34. The molecule has 1 N–H and O–H groups in total. The fraction of sp³-hybridized carbons (Fsp3) is 0.250. The van der Waals surface area contributed by atoms with Gasteiger partial charge in [0.25, 0.3) is 0 Å². The first-order valence-electron chi connectivity index (χ1n) is 7.47. The highest BCUT2D eigenvalue weighted by atomic mass is 32.2. The number of anilines is 1. The summed E-state index contributed by atoms with van der Waals surface area (Å²) in [6.07, 6.45) is 4.11. The fourth-order valence-corrected chi connectivity index (χ4v) is 4.35. The zero-order valence-corrected chi connectivity index (χ0v) is 13.5. The molecule has 1 aromatic heterocycles. The van der Waals surface area contributed by atoms with Crippen molar-refractivity contribution in [3.63, 3.8) is 0 Å². The third-order valence-electron chi connectivity index (χ3n) is 3.87. The first-order valence-corrected chi connectivity index (χ1v) is 8.91. The molecule has 3 rings (SSSR count). The van der Waals surface area contributed by atoms with Gasteiger partial charge in [-0.15, -0.1) is 0 Å². The molecule has 0 radical (unpaired) electrons. The fourth-order valence-electron chi connectivity index (χ4n) is 2.69. The minimum absolute atomic E-state index is 0.0208. The monoisotopic (exact) mass is 349 g/mol. The molecule has 24 heavy (non-hydrogen) atoms. The highest BCUT2D eigenvalue weighted by Gasteiger charge is 2.39. The summed E-state index contributed by atoms with van der Waals surface area (Å²) >= 11 is 0. The standard InChI is InChI=1S/C16H16FN3O3S/c17-12-3-5-14(6-4-12)24(22,23)20-11-1-2-15(20)16(21)19-13-7-9-18-10-8-13/h3-10,15H,1-2,11H2,(H,18,19,21). The number of nitrogens with zero attached hydrogens (tertiary/aromatic N) is 2. The van der Waals surface area contributed by atoms with E-state index in [1.807, 2.05) is 0 Å². The summed E-state index contributed by atoms with van der Waals surface area (Å²) in [5.41, 5.74) is 0.557. The minimum Gasteiger partial charge on any atom is -0.325 e. The Morgan fingerprint density at radius 3 is 2.50 bits per heavy atom. The molecule has 0 saturated carbocycles. The van der Waals surface area contributed by atoms with Crippen molar-refractivity contribution in [3.05, 3.63) is 54.6 Å². The first-order chi connectivity index (χ1) is 11.5. The van der Waals surface area contributed by atoms with Crippen molar-refractivity contribution in [1.82, 2.24) is 9.29 Å². The molecule has 1 amide bonds. The molecule has 1 saturated heterocycles. The Bertz CT molecular complexity index is 825. The molecule has 0 aliphatic carbocycles. The van der Waals surface area contributed by atoms with Crippen LogP contribution in [0.3, 0.4) is 0 Å². The maximum atomic E-state index is 13.0. The van der Waals surface area contributed by atoms with Gasteiger partial charge in [0.05, 0.1) is 4.90 Å². The largest absolute Gasteiger partial charge is 0.325 e. The van der Waals surface area contributed by atoms with Gasteiger partial charge in [0.15, 0.2) is 0 Å². The van der Waals surface area contributed by atoms with Gasteiger partial charge < -0.3 is 5.32 Å². The van der Waals surface area contributed by atoms with Crippen LogP contribution in [0.1, 0.15) is 12.8 Å². The van der Waals surface area contributed by atoms with Crippen molar-refractivity contribution in [2.45, 2.75) is 23.8 Å². The molecule has 1 aromatic carbocycles. The molecule has 1 aliphatic rings. The summed E-state index contributed by atoms with van der Waals surface area (Å²) in [6.45, 7) is 0.258. The summed E-state index contributed by atoms with van der Waals surface area (Å²) in [5, 5.41) is 2.70. The van der Waals surface area contributed by atoms with Crippen LogP contribution in [0, 0.1) is 5.82 Å². The van der Waals surface area contributed by atoms with Gasteiger partial charge in [0.1, 0.15) is 11.9 Å². The molecular weight excluding hydrogens is 333 g/mol. The SMILES string of the molecule is O=C(Nc1ccncc1)C1CCCN1S(=O)(=O)c1ccc(F)cc1. The second kappa shape index (κ2) is 6.66. The number of pyridine rings is 1. The van der Waals surface area contributed by atoms with E-state index < -0.39 is 21.9 Å². The van der Waals surface area contributed by atoms with Crippen LogP contribution in [0.2, 0.25) is 0 Å². The van der Waals surface area contributed by atoms with Crippen LogP contribution in [0.25, 0.3) is 0 Å². The number of carbonyl (C=O) groups excluding carboxylic acids is 1. The second-order valence-electron chi connectivity index (χ2n) is 5.45. The molecule has 1 unspecified atom stereocenters. The molecule has 0 bridgehead atoms. The lowest BCUT2D eigenvalue weighted by atomic mass is 10.2. The topological polar surface area (TPSA) is 79.4 Å². The lowest BCUT2D eigenvalue weighted by molar-refractivity contribution is -0.119. The van der Waals surface area contributed by atoms with Crippen molar-refractivity contribution in [2.24, 2.45) is 0 Å². The van der Waals surface area contributed by atoms with Crippen LogP contribution < -0.4 is 5.32 Å². The Morgan fingerprint density at radius 1 is 1.17 bits per heavy atom. The Kier molecular flexibility index (Phi) is 4.59. The van der Waals surface area contributed by atoms with Gasteiger partial charge >= 0.3 is 0 Å². The van der Waals surface area contributed by atoms with Crippen molar-refractivity contribution in [2.75, 3.05) is 11.9 Å². The molecule has 126 valence electrons. The lowest BCUT2D eigenvalue weighted by Crippen LogP contribution is -2.43. The zero-order valence-electron chi connectivity index (χ0n) is 12.7. The molecular formula is C16H16FN3O3S. The van der Waals surface area contributed by atoms with Crippen LogP contribution >= 0.6 is 0 Å². The molecule has 1 atom stereocenters. The normalized spacial score (nSPS) is 18.5. The van der Waals surface area contributed by atoms with E-state index in [-0.39, 0.29) is 17.3 Å². The summed E-state index contributed by atoms with van der Waals surface area (Å²) in [7, 11) is -3.85. The van der Waals surface area contributed by atoms with Crippen molar-refractivity contribution in [3.8, 4) is 0 Å². The molecule has 1 fully saturated rings. The zero-order chi connectivity index (χ0) is 17.2. The van der Waals surface area contributed by atoms with E-state index >= 15 is 0 Å². The molecule has 1 aliphatic heterocycles. The van der Waals surface area contributed by atoms with E-state index in [0.29, 0.717) is 18.5 Å². The first kappa shape index (κ1) is 16.5. The Balaban J connectivity index is 1.82. The van der Waals surface area contributed by atoms with Crippen LogP contribution in [-0.4, -0.2) is 36.2 Å². The number of rotatable bonds is 4. The van der Waals surface area contributed by atoms with Crippen LogP contribution in [0.4, 0.5) is 10.1 Å². The predicted octanol–water partition coefficient (Wildman–Crippen LogP) is 2.01. The van der Waals surface area contributed by atoms with Gasteiger partial charge in [0, 0.05) is 24.6 Å². The highest BCUT2D eigenvalue weighted by Crippen LogP contribution is 2.27. The number of nitrogens with one attached hydrogen (secondary N) is 1. The van der Waals surface area contributed by atoms with E-state index in [9.17, 15) is 17.6 Å². The van der Waals surface area contributed by atoms with Crippen molar-refractivity contribution >= 4 is 21.6 Å². The Hall–Kier alpha value is -2.32. The Labute approximate surface area is 139 Å². The van der Waals surface area contributed by atoms with Gasteiger partial charge in [-0.2, -0.15) is 4.31 Å². The summed E-state index contributed by atoms with van der Waals surface area (Å²) < 4.78 is 39.7. The minimum atomic E-state index is -3.85. The van der Waals surface area contributed by atoms with Gasteiger partial charge in [-0.25, -0.2) is 12.8 Å². The summed E-state index contributed by atoms with van der Waals surface area (Å²) in [5.74, 6) is -0.897. The van der Waals surface area contributed by atoms with Crippen LogP contribution in [-0.2, 0) is 14.8 Å². The molecule has 2 aromatic rings.